The van der Waals surface area contributed by atoms with E-state index in [9.17, 15) is 13.6 Å². The lowest BCUT2D eigenvalue weighted by Gasteiger charge is -2.21. The number of methoxy groups -OCH3 is 1. The number of carbonyl (C=O) groups is 1. The zero-order valence-corrected chi connectivity index (χ0v) is 16.3. The Labute approximate surface area is 168 Å². The molecule has 1 saturated carbocycles. The third-order valence-electron chi connectivity index (χ3n) is 5.34. The lowest BCUT2D eigenvalue weighted by molar-refractivity contribution is 0.103. The highest BCUT2D eigenvalue weighted by molar-refractivity contribution is 6.13. The molecular formula is C21H24F2N4O2. The molecule has 1 fully saturated rings. The van der Waals surface area contributed by atoms with Gasteiger partial charge >= 0.3 is 0 Å². The zero-order valence-electron chi connectivity index (χ0n) is 16.3. The molecule has 0 radical (unpaired) electrons. The lowest BCUT2D eigenvalue weighted by atomic mass is 9.85. The van der Waals surface area contributed by atoms with Crippen LogP contribution in [0, 0.1) is 23.0 Å². The summed E-state index contributed by atoms with van der Waals surface area (Å²) >= 11 is 0. The molecule has 3 rings (SSSR count). The van der Waals surface area contributed by atoms with Gasteiger partial charge in [-0.25, -0.2) is 18.7 Å². The first kappa shape index (κ1) is 20.8. The van der Waals surface area contributed by atoms with E-state index < -0.39 is 23.0 Å². The minimum atomic E-state index is -1.29. The van der Waals surface area contributed by atoms with Crippen LogP contribution in [0.1, 0.15) is 60.3 Å². The number of nitrogens with two attached hydrogens (primary N) is 1. The summed E-state index contributed by atoms with van der Waals surface area (Å²) in [4.78, 5) is 21.1. The number of hydrogen-bond donors (Lipinski definition) is 2. The number of aryl methyl sites for hydroxylation is 1. The lowest BCUT2D eigenvalue weighted by Crippen LogP contribution is -2.14. The van der Waals surface area contributed by atoms with Gasteiger partial charge in [0, 0.05) is 18.3 Å². The monoisotopic (exact) mass is 402 g/mol. The van der Waals surface area contributed by atoms with E-state index in [0.717, 1.165) is 50.3 Å². The third kappa shape index (κ3) is 4.75. The quantitative estimate of drug-likeness (QED) is 0.679. The molecule has 2 aromatic rings. The molecule has 0 aliphatic heterocycles. The van der Waals surface area contributed by atoms with Gasteiger partial charge in [-0.05, 0) is 56.6 Å². The highest BCUT2D eigenvalue weighted by Gasteiger charge is 2.25. The Morgan fingerprint density at radius 2 is 2.03 bits per heavy atom. The fourth-order valence-electron chi connectivity index (χ4n) is 3.64. The molecule has 0 bridgehead atoms. The molecule has 0 amide bonds. The largest absolute Gasteiger partial charge is 0.496 e. The van der Waals surface area contributed by atoms with E-state index in [1.165, 1.54) is 19.4 Å². The van der Waals surface area contributed by atoms with Crippen molar-refractivity contribution in [3.05, 3.63) is 46.9 Å². The number of rotatable bonds is 7. The van der Waals surface area contributed by atoms with Gasteiger partial charge in [-0.3, -0.25) is 4.79 Å². The van der Waals surface area contributed by atoms with E-state index in [1.807, 2.05) is 0 Å². The van der Waals surface area contributed by atoms with Crippen LogP contribution in [0.5, 0.6) is 5.75 Å². The minimum absolute atomic E-state index is 0.0724. The zero-order chi connectivity index (χ0) is 21.0. The second-order valence-electron chi connectivity index (χ2n) is 7.29. The summed E-state index contributed by atoms with van der Waals surface area (Å²) in [5.74, 6) is -2.30. The number of nitrogens with zero attached hydrogens (tertiary/aromatic N) is 2. The van der Waals surface area contributed by atoms with Crippen molar-refractivity contribution in [3.63, 3.8) is 0 Å². The molecule has 154 valence electrons. The predicted octanol–water partition coefficient (Wildman–Crippen LogP) is 4.11. The average molecular weight is 402 g/mol. The van der Waals surface area contributed by atoms with Crippen LogP contribution in [-0.4, -0.2) is 28.6 Å². The predicted molar refractivity (Wildman–Crippen MR) is 105 cm³/mol. The molecule has 8 heteroatoms. The summed E-state index contributed by atoms with van der Waals surface area (Å²) < 4.78 is 32.8. The van der Waals surface area contributed by atoms with Crippen LogP contribution in [0.2, 0.25) is 0 Å². The first-order valence-electron chi connectivity index (χ1n) is 9.65. The second kappa shape index (κ2) is 9.07. The summed E-state index contributed by atoms with van der Waals surface area (Å²) in [5, 5.41) is 7.67. The molecule has 1 aromatic carbocycles. The summed E-state index contributed by atoms with van der Waals surface area (Å²) in [6.45, 7) is 0. The summed E-state index contributed by atoms with van der Waals surface area (Å²) in [6, 6.07) is 2.08. The Bertz CT molecular complexity index is 923. The van der Waals surface area contributed by atoms with Crippen molar-refractivity contribution in [2.45, 2.75) is 44.9 Å². The number of halogens is 2. The second-order valence-corrected chi connectivity index (χ2v) is 7.29. The van der Waals surface area contributed by atoms with Crippen LogP contribution in [0.4, 0.5) is 14.6 Å². The van der Waals surface area contributed by atoms with Gasteiger partial charge in [-0.1, -0.05) is 0 Å². The third-order valence-corrected chi connectivity index (χ3v) is 5.34. The van der Waals surface area contributed by atoms with Crippen LogP contribution < -0.4 is 10.5 Å². The van der Waals surface area contributed by atoms with Crippen LogP contribution in [0.3, 0.4) is 0 Å². The van der Waals surface area contributed by atoms with E-state index in [4.69, 9.17) is 15.9 Å². The Morgan fingerprint density at radius 1 is 1.31 bits per heavy atom. The van der Waals surface area contributed by atoms with Crippen molar-refractivity contribution in [3.8, 4) is 5.75 Å². The smallest absolute Gasteiger partial charge is 0.205 e. The molecule has 0 saturated heterocycles. The van der Waals surface area contributed by atoms with E-state index >= 15 is 0 Å². The molecule has 0 atom stereocenters. The Balaban J connectivity index is 1.69. The molecule has 29 heavy (non-hydrogen) atoms. The van der Waals surface area contributed by atoms with E-state index in [2.05, 4.69) is 9.97 Å². The molecule has 0 unspecified atom stereocenters. The first-order valence-corrected chi connectivity index (χ1v) is 9.65. The molecule has 0 spiro atoms. The van der Waals surface area contributed by atoms with Gasteiger partial charge < -0.3 is 15.9 Å². The number of benzene rings is 1. The van der Waals surface area contributed by atoms with E-state index in [-0.39, 0.29) is 17.1 Å². The molecule has 3 N–H and O–H groups in total. The van der Waals surface area contributed by atoms with Crippen LogP contribution in [0.25, 0.3) is 0 Å². The molecule has 1 aliphatic carbocycles. The highest BCUT2D eigenvalue weighted by atomic mass is 19.2. The standard InChI is InChI=1S/C21H24F2N4O2/c1-29-16-10-9-15(22)19(23)18(16)20(28)14-11-26-17(27-21(14)25)4-2-3-12-5-7-13(24)8-6-12/h9-12,24H,2-8H2,1H3,(H2,25,26,27). The maximum Gasteiger partial charge on any atom is 0.205 e. The number of ketones is 1. The summed E-state index contributed by atoms with van der Waals surface area (Å²) in [6.07, 6.45) is 7.65. The number of aromatic nitrogens is 2. The molecule has 1 aliphatic rings. The molecular weight excluding hydrogens is 378 g/mol. The molecule has 1 aromatic heterocycles. The topological polar surface area (TPSA) is 102 Å². The van der Waals surface area contributed by atoms with Gasteiger partial charge in [0.15, 0.2) is 11.6 Å². The molecule has 1 heterocycles. The van der Waals surface area contributed by atoms with Gasteiger partial charge in [0.1, 0.15) is 23.0 Å². The summed E-state index contributed by atoms with van der Waals surface area (Å²) in [7, 11) is 1.27. The normalized spacial score (nSPS) is 16.7. The fraction of sp³-hybridized carbons (Fsp3) is 0.429. The van der Waals surface area contributed by atoms with Gasteiger partial charge in [0.2, 0.25) is 5.78 Å². The van der Waals surface area contributed by atoms with Gasteiger partial charge in [-0.15, -0.1) is 0 Å². The van der Waals surface area contributed by atoms with Crippen molar-refractivity contribution in [1.82, 2.24) is 9.97 Å². The first-order chi connectivity index (χ1) is 13.9. The maximum atomic E-state index is 14.2. The average Bonchev–Trinajstić information content (AvgIpc) is 2.71. The Hall–Kier alpha value is -2.90. The summed E-state index contributed by atoms with van der Waals surface area (Å²) in [5.41, 5.74) is 6.13. The Morgan fingerprint density at radius 3 is 2.69 bits per heavy atom. The van der Waals surface area contributed by atoms with Crippen molar-refractivity contribution >= 4 is 17.3 Å². The SMILES string of the molecule is COc1ccc(F)c(F)c1C(=O)c1cnc(CCCC2CCC(=N)CC2)nc1N. The van der Waals surface area contributed by atoms with Crippen molar-refractivity contribution in [2.75, 3.05) is 12.8 Å². The van der Waals surface area contributed by atoms with Crippen molar-refractivity contribution in [2.24, 2.45) is 5.92 Å². The van der Waals surface area contributed by atoms with Gasteiger partial charge in [0.25, 0.3) is 0 Å². The van der Waals surface area contributed by atoms with E-state index in [0.29, 0.717) is 18.2 Å². The number of nitrogen functional groups attached to an aromatic ring is 1. The van der Waals surface area contributed by atoms with Crippen molar-refractivity contribution in [1.29, 1.82) is 5.41 Å². The number of carbonyl (C=O) groups excluding carboxylic acids is 1. The van der Waals surface area contributed by atoms with E-state index in [1.54, 1.807) is 0 Å². The highest BCUT2D eigenvalue weighted by Crippen LogP contribution is 2.28. The number of nitrogens with one attached hydrogen (secondary N) is 1. The van der Waals surface area contributed by atoms with Gasteiger partial charge in [-0.2, -0.15) is 0 Å². The number of hydrogen-bond acceptors (Lipinski definition) is 6. The van der Waals surface area contributed by atoms with Crippen LogP contribution in [-0.2, 0) is 6.42 Å². The number of ether oxygens (including phenoxy) is 1. The van der Waals surface area contributed by atoms with Gasteiger partial charge in [0.05, 0.1) is 12.7 Å². The fourth-order valence-corrected chi connectivity index (χ4v) is 3.64. The number of anilines is 1. The maximum absolute atomic E-state index is 14.2. The Kier molecular flexibility index (Phi) is 6.51. The van der Waals surface area contributed by atoms with Crippen LogP contribution in [0.15, 0.2) is 18.3 Å². The molecule has 6 nitrogen and oxygen atoms in total. The van der Waals surface area contributed by atoms with Crippen LogP contribution >= 0.6 is 0 Å². The van der Waals surface area contributed by atoms with Crippen molar-refractivity contribution < 1.29 is 18.3 Å². The minimum Gasteiger partial charge on any atom is -0.496 e.